The maximum atomic E-state index is 13.9. The summed E-state index contributed by atoms with van der Waals surface area (Å²) in [6.07, 6.45) is 3.23. The molecule has 1 amide bonds. The molecule has 1 aliphatic rings. The van der Waals surface area contributed by atoms with Crippen LogP contribution in [-0.2, 0) is 0 Å². The molecule has 4 rings (SSSR count). The molecular formula is C20H23FN6O2. The van der Waals surface area contributed by atoms with E-state index in [0.29, 0.717) is 34.9 Å². The molecule has 0 fully saturated rings. The van der Waals surface area contributed by atoms with Gasteiger partial charge in [-0.2, -0.15) is 5.10 Å². The number of halogens is 1. The van der Waals surface area contributed by atoms with Gasteiger partial charge in [0, 0.05) is 18.3 Å². The molecule has 0 spiro atoms. The fraction of sp³-hybridized carbons (Fsp3) is 0.350. The normalized spacial score (nSPS) is 19.6. The second-order valence-electron chi connectivity index (χ2n) is 7.43. The monoisotopic (exact) mass is 398 g/mol. The van der Waals surface area contributed by atoms with Crippen LogP contribution in [-0.4, -0.2) is 58.7 Å². The number of fused-ring (bicyclic) bond motifs is 2. The third kappa shape index (κ3) is 4.00. The third-order valence-corrected chi connectivity index (χ3v) is 4.78. The van der Waals surface area contributed by atoms with Crippen molar-refractivity contribution in [2.45, 2.75) is 19.0 Å². The van der Waals surface area contributed by atoms with Gasteiger partial charge in [-0.15, -0.1) is 0 Å². The molecule has 9 heteroatoms. The molecule has 1 aliphatic heterocycles. The van der Waals surface area contributed by atoms with Gasteiger partial charge in [0.05, 0.1) is 18.3 Å². The van der Waals surface area contributed by atoms with Crippen molar-refractivity contribution < 1.29 is 13.9 Å². The van der Waals surface area contributed by atoms with E-state index in [4.69, 9.17) is 4.74 Å². The fourth-order valence-corrected chi connectivity index (χ4v) is 3.43. The summed E-state index contributed by atoms with van der Waals surface area (Å²) in [4.78, 5) is 19.4. The molecule has 0 saturated carbocycles. The van der Waals surface area contributed by atoms with Crippen molar-refractivity contribution in [2.24, 2.45) is 0 Å². The van der Waals surface area contributed by atoms with E-state index in [2.05, 4.69) is 20.7 Å². The van der Waals surface area contributed by atoms with Gasteiger partial charge in [0.1, 0.15) is 29.6 Å². The number of benzene rings is 1. The van der Waals surface area contributed by atoms with Crippen LogP contribution >= 0.6 is 0 Å². The van der Waals surface area contributed by atoms with Gasteiger partial charge in [0.15, 0.2) is 5.65 Å². The number of nitrogens with one attached hydrogen (secondary N) is 2. The van der Waals surface area contributed by atoms with Gasteiger partial charge in [-0.05, 0) is 45.3 Å². The predicted octanol–water partition coefficient (Wildman–Crippen LogP) is 2.09. The molecule has 0 radical (unpaired) electrons. The highest BCUT2D eigenvalue weighted by atomic mass is 19.1. The lowest BCUT2D eigenvalue weighted by Gasteiger charge is -2.24. The molecule has 2 aromatic heterocycles. The minimum Gasteiger partial charge on any atom is -0.491 e. The smallest absolute Gasteiger partial charge is 0.257 e. The first-order valence-electron chi connectivity index (χ1n) is 9.39. The zero-order valence-electron chi connectivity index (χ0n) is 16.5. The van der Waals surface area contributed by atoms with Crippen LogP contribution in [0.25, 0.3) is 5.65 Å². The molecule has 2 bridgehead atoms. The standard InChI is InChI=1S/C20H23FN6O2/c1-12-15-8-13(21)4-5-17(15)29-11-14(10-26(2)3)24-20(28)16-9-22-27-7-6-18(23-12)25-19(16)27/h4-9,12,14H,10-11H2,1-3H3,(H,23,25)(H,24,28)/t12-,14+/m1/s1. The zero-order valence-corrected chi connectivity index (χ0v) is 16.5. The van der Waals surface area contributed by atoms with Crippen molar-refractivity contribution in [3.63, 3.8) is 0 Å². The van der Waals surface area contributed by atoms with Crippen molar-refractivity contribution in [2.75, 3.05) is 32.6 Å². The van der Waals surface area contributed by atoms with E-state index in [9.17, 15) is 9.18 Å². The van der Waals surface area contributed by atoms with Crippen LogP contribution in [0.2, 0.25) is 0 Å². The molecule has 3 aromatic rings. The first-order chi connectivity index (χ1) is 13.9. The maximum Gasteiger partial charge on any atom is 0.257 e. The highest BCUT2D eigenvalue weighted by molar-refractivity contribution is 6.00. The van der Waals surface area contributed by atoms with Gasteiger partial charge in [0.2, 0.25) is 0 Å². The van der Waals surface area contributed by atoms with Crippen LogP contribution in [0.1, 0.15) is 28.9 Å². The fourth-order valence-electron chi connectivity index (χ4n) is 3.43. The van der Waals surface area contributed by atoms with Gasteiger partial charge in [0.25, 0.3) is 5.91 Å². The third-order valence-electron chi connectivity index (χ3n) is 4.78. The SMILES string of the molecule is C[C@H]1Nc2ccn3ncc(c3n2)C(=O)N[C@@H](CN(C)C)COc2ccc(F)cc21. The number of carbonyl (C=O) groups is 1. The molecule has 1 aromatic carbocycles. The van der Waals surface area contributed by atoms with E-state index < -0.39 is 0 Å². The summed E-state index contributed by atoms with van der Waals surface area (Å²) < 4.78 is 21.5. The Kier molecular flexibility index (Phi) is 5.06. The summed E-state index contributed by atoms with van der Waals surface area (Å²) in [5.74, 6) is 0.503. The van der Waals surface area contributed by atoms with Gasteiger partial charge >= 0.3 is 0 Å². The van der Waals surface area contributed by atoms with E-state index in [-0.39, 0.29) is 30.4 Å². The second-order valence-corrected chi connectivity index (χ2v) is 7.43. The minimum atomic E-state index is -0.343. The molecule has 0 unspecified atom stereocenters. The maximum absolute atomic E-state index is 13.9. The largest absolute Gasteiger partial charge is 0.491 e. The zero-order chi connectivity index (χ0) is 20.5. The Labute approximate surface area is 167 Å². The summed E-state index contributed by atoms with van der Waals surface area (Å²) >= 11 is 0. The van der Waals surface area contributed by atoms with Gasteiger partial charge < -0.3 is 20.3 Å². The number of carbonyl (C=O) groups excluding carboxylic acids is 1. The second kappa shape index (κ2) is 7.67. The van der Waals surface area contributed by atoms with Crippen molar-refractivity contribution in [3.05, 3.63) is 53.6 Å². The lowest BCUT2D eigenvalue weighted by atomic mass is 10.1. The van der Waals surface area contributed by atoms with Gasteiger partial charge in [-0.3, -0.25) is 4.79 Å². The summed E-state index contributed by atoms with van der Waals surface area (Å²) in [5.41, 5.74) is 1.50. The number of rotatable bonds is 2. The number of hydrogen-bond donors (Lipinski definition) is 2. The van der Waals surface area contributed by atoms with Crippen LogP contribution in [0.15, 0.2) is 36.7 Å². The predicted molar refractivity (Wildman–Crippen MR) is 107 cm³/mol. The molecule has 2 N–H and O–H groups in total. The Balaban J connectivity index is 1.80. The quantitative estimate of drug-likeness (QED) is 0.688. The summed E-state index contributed by atoms with van der Waals surface area (Å²) in [7, 11) is 3.84. The van der Waals surface area contributed by atoms with Gasteiger partial charge in [-0.1, -0.05) is 0 Å². The average molecular weight is 398 g/mol. The molecule has 2 atom stereocenters. The first kappa shape index (κ1) is 19.1. The summed E-state index contributed by atoms with van der Waals surface area (Å²) in [5, 5.41) is 10.5. The number of likely N-dealkylation sites (N-methyl/N-ethyl adjacent to an activating group) is 1. The highest BCUT2D eigenvalue weighted by Crippen LogP contribution is 2.29. The summed E-state index contributed by atoms with van der Waals surface area (Å²) in [6.45, 7) is 2.73. The molecule has 152 valence electrons. The Morgan fingerprint density at radius 3 is 2.93 bits per heavy atom. The van der Waals surface area contributed by atoms with Crippen LogP contribution in [0, 0.1) is 5.82 Å². The van der Waals surface area contributed by atoms with Crippen LogP contribution in [0.3, 0.4) is 0 Å². The van der Waals surface area contributed by atoms with E-state index in [1.165, 1.54) is 18.3 Å². The van der Waals surface area contributed by atoms with Crippen molar-refractivity contribution in [3.8, 4) is 5.75 Å². The molecule has 29 heavy (non-hydrogen) atoms. The number of hydrogen-bond acceptors (Lipinski definition) is 6. The number of amides is 1. The van der Waals surface area contributed by atoms with Crippen molar-refractivity contribution in [1.82, 2.24) is 24.8 Å². The van der Waals surface area contributed by atoms with Crippen molar-refractivity contribution in [1.29, 1.82) is 0 Å². The van der Waals surface area contributed by atoms with Crippen molar-refractivity contribution >= 4 is 17.4 Å². The highest BCUT2D eigenvalue weighted by Gasteiger charge is 2.22. The first-order valence-corrected chi connectivity index (χ1v) is 9.39. The van der Waals surface area contributed by atoms with E-state index >= 15 is 0 Å². The van der Waals surface area contributed by atoms with Gasteiger partial charge in [-0.25, -0.2) is 13.9 Å². The Morgan fingerprint density at radius 2 is 2.14 bits per heavy atom. The number of anilines is 1. The molecule has 0 aliphatic carbocycles. The Hall–Kier alpha value is -3.20. The molecule has 0 saturated heterocycles. The number of ether oxygens (including phenoxy) is 1. The molecule has 3 heterocycles. The average Bonchev–Trinajstić information content (AvgIpc) is 3.09. The molecule has 8 nitrogen and oxygen atoms in total. The number of aromatic nitrogens is 3. The molecular weight excluding hydrogens is 375 g/mol. The Morgan fingerprint density at radius 1 is 1.31 bits per heavy atom. The van der Waals surface area contributed by atoms with Crippen LogP contribution in [0.5, 0.6) is 5.75 Å². The van der Waals surface area contributed by atoms with E-state index in [1.807, 2.05) is 25.9 Å². The minimum absolute atomic E-state index is 0.241. The lowest BCUT2D eigenvalue weighted by Crippen LogP contribution is -2.45. The van der Waals surface area contributed by atoms with Crippen LogP contribution in [0.4, 0.5) is 10.2 Å². The van der Waals surface area contributed by atoms with E-state index in [0.717, 1.165) is 0 Å². The van der Waals surface area contributed by atoms with E-state index in [1.54, 1.807) is 22.8 Å². The topological polar surface area (TPSA) is 83.8 Å². The summed E-state index contributed by atoms with van der Waals surface area (Å²) in [6, 6.07) is 5.64. The van der Waals surface area contributed by atoms with Crippen LogP contribution < -0.4 is 15.4 Å². The lowest BCUT2D eigenvalue weighted by molar-refractivity contribution is 0.0912. The number of nitrogens with zero attached hydrogens (tertiary/aromatic N) is 4. The Bertz CT molecular complexity index is 1050.